The van der Waals surface area contributed by atoms with E-state index in [0.29, 0.717) is 31.7 Å². The van der Waals surface area contributed by atoms with Crippen LogP contribution in [0, 0.1) is 11.7 Å². The van der Waals surface area contributed by atoms with Gasteiger partial charge < -0.3 is 9.80 Å². The zero-order chi connectivity index (χ0) is 18.1. The normalized spacial score (nSPS) is 22.2. The minimum absolute atomic E-state index is 0.0112. The Hall–Kier alpha value is -2.76. The van der Waals surface area contributed by atoms with Gasteiger partial charge in [-0.15, -0.1) is 0 Å². The summed E-state index contributed by atoms with van der Waals surface area (Å²) in [5, 5.41) is 0. The van der Waals surface area contributed by atoms with Crippen molar-refractivity contribution in [1.82, 2.24) is 14.8 Å². The molecular weight excluding hydrogens is 333 g/mol. The fourth-order valence-electron chi connectivity index (χ4n) is 3.59. The first-order chi connectivity index (χ1) is 12.6. The van der Waals surface area contributed by atoms with Gasteiger partial charge in [0.15, 0.2) is 0 Å². The van der Waals surface area contributed by atoms with Gasteiger partial charge in [0.1, 0.15) is 5.82 Å². The molecule has 134 valence electrons. The molecule has 2 aliphatic rings. The number of piperazine rings is 1. The first-order valence-electron chi connectivity index (χ1n) is 8.87. The van der Waals surface area contributed by atoms with Crippen LogP contribution in [0.1, 0.15) is 28.3 Å². The summed E-state index contributed by atoms with van der Waals surface area (Å²) in [6.45, 7) is 2.20. The number of pyridine rings is 1. The predicted molar refractivity (Wildman–Crippen MR) is 94.0 cm³/mol. The molecule has 0 bridgehead atoms. The topological polar surface area (TPSA) is 53.5 Å². The number of nitrogens with zero attached hydrogens (tertiary/aromatic N) is 3. The molecule has 2 heterocycles. The SMILES string of the molecule is O=C(c1ccncc1)N1CCN(C(=O)C2CC2c2ccc(F)cc2)CC1. The van der Waals surface area contributed by atoms with E-state index in [1.54, 1.807) is 41.6 Å². The van der Waals surface area contributed by atoms with Crippen LogP contribution in [0.25, 0.3) is 0 Å². The van der Waals surface area contributed by atoms with Gasteiger partial charge >= 0.3 is 0 Å². The molecule has 1 aliphatic heterocycles. The summed E-state index contributed by atoms with van der Waals surface area (Å²) < 4.78 is 13.0. The molecule has 1 saturated heterocycles. The van der Waals surface area contributed by atoms with E-state index in [-0.39, 0.29) is 29.5 Å². The molecule has 1 saturated carbocycles. The molecule has 0 radical (unpaired) electrons. The van der Waals surface area contributed by atoms with Gasteiger partial charge in [0, 0.05) is 50.1 Å². The van der Waals surface area contributed by atoms with Gasteiger partial charge in [0.25, 0.3) is 5.91 Å². The Morgan fingerprint density at radius 1 is 0.923 bits per heavy atom. The summed E-state index contributed by atoms with van der Waals surface area (Å²) >= 11 is 0. The molecule has 0 N–H and O–H groups in total. The maximum Gasteiger partial charge on any atom is 0.254 e. The molecule has 0 spiro atoms. The lowest BCUT2D eigenvalue weighted by atomic mass is 10.1. The van der Waals surface area contributed by atoms with Crippen molar-refractivity contribution in [1.29, 1.82) is 0 Å². The molecule has 1 aromatic carbocycles. The highest BCUT2D eigenvalue weighted by atomic mass is 19.1. The minimum atomic E-state index is -0.257. The van der Waals surface area contributed by atoms with E-state index >= 15 is 0 Å². The Morgan fingerprint density at radius 2 is 1.54 bits per heavy atom. The molecule has 2 amide bonds. The van der Waals surface area contributed by atoms with E-state index in [0.717, 1.165) is 12.0 Å². The predicted octanol–water partition coefficient (Wildman–Crippen LogP) is 2.31. The highest BCUT2D eigenvalue weighted by Gasteiger charge is 2.46. The lowest BCUT2D eigenvalue weighted by molar-refractivity contribution is -0.134. The lowest BCUT2D eigenvalue weighted by Crippen LogP contribution is -2.51. The number of hydrogen-bond acceptors (Lipinski definition) is 3. The smallest absolute Gasteiger partial charge is 0.254 e. The number of carbonyl (C=O) groups excluding carboxylic acids is 2. The second-order valence-corrected chi connectivity index (χ2v) is 6.85. The van der Waals surface area contributed by atoms with Gasteiger partial charge in [-0.25, -0.2) is 4.39 Å². The zero-order valence-corrected chi connectivity index (χ0v) is 14.3. The molecular formula is C20H20FN3O2. The van der Waals surface area contributed by atoms with Gasteiger partial charge in [0.05, 0.1) is 0 Å². The Bertz CT molecular complexity index is 802. The lowest BCUT2D eigenvalue weighted by Gasteiger charge is -2.35. The molecule has 2 atom stereocenters. The van der Waals surface area contributed by atoms with Crippen molar-refractivity contribution in [3.05, 3.63) is 65.7 Å². The van der Waals surface area contributed by atoms with Crippen LogP contribution in [0.2, 0.25) is 0 Å². The molecule has 6 heteroatoms. The zero-order valence-electron chi connectivity index (χ0n) is 14.3. The highest BCUT2D eigenvalue weighted by molar-refractivity contribution is 5.94. The number of hydrogen-bond donors (Lipinski definition) is 0. The molecule has 1 aromatic heterocycles. The van der Waals surface area contributed by atoms with E-state index in [9.17, 15) is 14.0 Å². The molecule has 2 fully saturated rings. The Labute approximate surface area is 151 Å². The van der Waals surface area contributed by atoms with Crippen molar-refractivity contribution in [3.63, 3.8) is 0 Å². The number of carbonyl (C=O) groups is 2. The maximum absolute atomic E-state index is 13.0. The van der Waals surface area contributed by atoms with Crippen LogP contribution in [-0.2, 0) is 4.79 Å². The standard InChI is InChI=1S/C20H20FN3O2/c21-16-3-1-14(2-4-16)17-13-18(17)20(26)24-11-9-23(10-12-24)19(25)15-5-7-22-8-6-15/h1-8,17-18H,9-13H2. The average Bonchev–Trinajstić information content (AvgIpc) is 3.49. The Balaban J connectivity index is 1.32. The van der Waals surface area contributed by atoms with E-state index in [1.165, 1.54) is 12.1 Å². The Morgan fingerprint density at radius 3 is 2.19 bits per heavy atom. The average molecular weight is 353 g/mol. The van der Waals surface area contributed by atoms with Crippen molar-refractivity contribution in [2.75, 3.05) is 26.2 Å². The maximum atomic E-state index is 13.0. The number of rotatable bonds is 3. The second-order valence-electron chi connectivity index (χ2n) is 6.85. The number of aromatic nitrogens is 1. The van der Waals surface area contributed by atoms with E-state index in [2.05, 4.69) is 4.98 Å². The van der Waals surface area contributed by atoms with Crippen LogP contribution < -0.4 is 0 Å². The summed E-state index contributed by atoms with van der Waals surface area (Å²) in [5.74, 6) is 0.0557. The van der Waals surface area contributed by atoms with E-state index in [1.807, 2.05) is 4.90 Å². The summed E-state index contributed by atoms with van der Waals surface area (Å²) in [6.07, 6.45) is 4.03. The third kappa shape index (κ3) is 3.31. The van der Waals surface area contributed by atoms with Crippen LogP contribution in [0.15, 0.2) is 48.8 Å². The largest absolute Gasteiger partial charge is 0.339 e. The summed E-state index contributed by atoms with van der Waals surface area (Å²) in [5.41, 5.74) is 1.65. The molecule has 2 unspecified atom stereocenters. The first kappa shape index (κ1) is 16.7. The van der Waals surface area contributed by atoms with Gasteiger partial charge in [-0.2, -0.15) is 0 Å². The fourth-order valence-corrected chi connectivity index (χ4v) is 3.59. The van der Waals surface area contributed by atoms with Gasteiger partial charge in [-0.05, 0) is 42.2 Å². The monoisotopic (exact) mass is 353 g/mol. The van der Waals surface area contributed by atoms with Gasteiger partial charge in [-0.1, -0.05) is 12.1 Å². The third-order valence-corrected chi connectivity index (χ3v) is 5.21. The van der Waals surface area contributed by atoms with Crippen molar-refractivity contribution < 1.29 is 14.0 Å². The second kappa shape index (κ2) is 6.86. The van der Waals surface area contributed by atoms with Crippen molar-refractivity contribution in [2.24, 2.45) is 5.92 Å². The third-order valence-electron chi connectivity index (χ3n) is 5.21. The minimum Gasteiger partial charge on any atom is -0.339 e. The van der Waals surface area contributed by atoms with Crippen LogP contribution in [0.5, 0.6) is 0 Å². The van der Waals surface area contributed by atoms with Crippen molar-refractivity contribution in [2.45, 2.75) is 12.3 Å². The van der Waals surface area contributed by atoms with Gasteiger partial charge in [0.2, 0.25) is 5.91 Å². The van der Waals surface area contributed by atoms with Crippen LogP contribution in [0.4, 0.5) is 4.39 Å². The summed E-state index contributed by atoms with van der Waals surface area (Å²) in [4.78, 5) is 32.7. The van der Waals surface area contributed by atoms with Crippen LogP contribution in [-0.4, -0.2) is 52.8 Å². The molecule has 2 aromatic rings. The molecule has 1 aliphatic carbocycles. The van der Waals surface area contributed by atoms with Gasteiger partial charge in [-0.3, -0.25) is 14.6 Å². The first-order valence-corrected chi connectivity index (χ1v) is 8.87. The number of amides is 2. The highest BCUT2D eigenvalue weighted by Crippen LogP contribution is 2.48. The van der Waals surface area contributed by atoms with Crippen LogP contribution >= 0.6 is 0 Å². The summed E-state index contributed by atoms with van der Waals surface area (Å²) in [6, 6.07) is 9.82. The molecule has 5 nitrogen and oxygen atoms in total. The number of halogens is 1. The Kier molecular flexibility index (Phi) is 4.41. The fraction of sp³-hybridized carbons (Fsp3) is 0.350. The number of benzene rings is 1. The van der Waals surface area contributed by atoms with Crippen molar-refractivity contribution in [3.8, 4) is 0 Å². The van der Waals surface area contributed by atoms with E-state index < -0.39 is 0 Å². The van der Waals surface area contributed by atoms with E-state index in [4.69, 9.17) is 0 Å². The van der Waals surface area contributed by atoms with Crippen molar-refractivity contribution >= 4 is 11.8 Å². The quantitative estimate of drug-likeness (QED) is 0.851. The van der Waals surface area contributed by atoms with Crippen LogP contribution in [0.3, 0.4) is 0 Å². The summed E-state index contributed by atoms with van der Waals surface area (Å²) in [7, 11) is 0. The molecule has 26 heavy (non-hydrogen) atoms. The molecule has 4 rings (SSSR count).